The SMILES string of the molecule is CC(COc1ccc(C(F)(F)F)cn1)Nc1ncnc2ccccc12. The van der Waals surface area contributed by atoms with Crippen LogP contribution in [0.3, 0.4) is 0 Å². The van der Waals surface area contributed by atoms with Crippen LogP contribution in [0, 0.1) is 0 Å². The number of hydrogen-bond donors (Lipinski definition) is 1. The van der Waals surface area contributed by atoms with Gasteiger partial charge in [0.2, 0.25) is 5.88 Å². The van der Waals surface area contributed by atoms with E-state index in [1.165, 1.54) is 12.4 Å². The molecule has 1 atom stereocenters. The monoisotopic (exact) mass is 348 g/mol. The molecule has 0 saturated heterocycles. The van der Waals surface area contributed by atoms with Crippen LogP contribution < -0.4 is 10.1 Å². The maximum absolute atomic E-state index is 12.5. The maximum Gasteiger partial charge on any atom is 0.417 e. The molecule has 1 N–H and O–H groups in total. The number of para-hydroxylation sites is 1. The summed E-state index contributed by atoms with van der Waals surface area (Å²) in [5, 5.41) is 4.09. The molecular weight excluding hydrogens is 333 g/mol. The van der Waals surface area contributed by atoms with Crippen molar-refractivity contribution in [3.05, 3.63) is 54.5 Å². The first-order valence-corrected chi connectivity index (χ1v) is 7.56. The van der Waals surface area contributed by atoms with Crippen LogP contribution in [0.1, 0.15) is 12.5 Å². The summed E-state index contributed by atoms with van der Waals surface area (Å²) in [5.74, 6) is 0.802. The number of fused-ring (bicyclic) bond motifs is 1. The second kappa shape index (κ2) is 6.92. The molecule has 25 heavy (non-hydrogen) atoms. The third-order valence-corrected chi connectivity index (χ3v) is 3.47. The molecule has 8 heteroatoms. The molecule has 5 nitrogen and oxygen atoms in total. The molecule has 1 aromatic carbocycles. The van der Waals surface area contributed by atoms with Crippen molar-refractivity contribution in [3.8, 4) is 5.88 Å². The summed E-state index contributed by atoms with van der Waals surface area (Å²) in [6.45, 7) is 2.09. The minimum Gasteiger partial charge on any atom is -0.475 e. The number of hydrogen-bond acceptors (Lipinski definition) is 5. The zero-order chi connectivity index (χ0) is 17.9. The molecule has 0 bridgehead atoms. The molecule has 130 valence electrons. The van der Waals surface area contributed by atoms with Gasteiger partial charge >= 0.3 is 6.18 Å². The molecule has 0 fully saturated rings. The Bertz CT molecular complexity index is 847. The number of alkyl halides is 3. The van der Waals surface area contributed by atoms with Crippen LogP contribution in [0.25, 0.3) is 10.9 Å². The van der Waals surface area contributed by atoms with E-state index in [2.05, 4.69) is 20.3 Å². The number of halogens is 3. The van der Waals surface area contributed by atoms with Gasteiger partial charge in [0.05, 0.1) is 17.1 Å². The van der Waals surface area contributed by atoms with Crippen LogP contribution in [0.15, 0.2) is 48.9 Å². The number of pyridine rings is 1. The van der Waals surface area contributed by atoms with Crippen molar-refractivity contribution in [3.63, 3.8) is 0 Å². The topological polar surface area (TPSA) is 59.9 Å². The Labute approximate surface area is 141 Å². The Morgan fingerprint density at radius 2 is 1.88 bits per heavy atom. The summed E-state index contributed by atoms with van der Waals surface area (Å²) in [6, 6.07) is 9.58. The standard InChI is InChI=1S/C17H15F3N4O/c1-11(9-25-15-7-6-12(8-21-15)17(18,19)20)24-16-13-4-2-3-5-14(13)22-10-23-16/h2-8,10-11H,9H2,1H3,(H,22,23,24). The number of nitrogens with zero attached hydrogens (tertiary/aromatic N) is 3. The molecule has 0 amide bonds. The number of aromatic nitrogens is 3. The van der Waals surface area contributed by atoms with E-state index in [9.17, 15) is 13.2 Å². The fraction of sp³-hybridized carbons (Fsp3) is 0.235. The van der Waals surface area contributed by atoms with Gasteiger partial charge in [-0.15, -0.1) is 0 Å². The highest BCUT2D eigenvalue weighted by Crippen LogP contribution is 2.29. The normalized spacial score (nSPS) is 12.8. The summed E-state index contributed by atoms with van der Waals surface area (Å²) in [5.41, 5.74) is 0.0102. The number of benzene rings is 1. The van der Waals surface area contributed by atoms with E-state index in [0.717, 1.165) is 23.2 Å². The number of ether oxygens (including phenoxy) is 1. The largest absolute Gasteiger partial charge is 0.475 e. The second-order valence-electron chi connectivity index (χ2n) is 5.48. The zero-order valence-corrected chi connectivity index (χ0v) is 13.3. The Balaban J connectivity index is 1.62. The quantitative estimate of drug-likeness (QED) is 0.757. The van der Waals surface area contributed by atoms with Gasteiger partial charge in [-0.2, -0.15) is 13.2 Å². The van der Waals surface area contributed by atoms with Gasteiger partial charge in [-0.25, -0.2) is 15.0 Å². The molecule has 2 heterocycles. The van der Waals surface area contributed by atoms with Crippen molar-refractivity contribution in [1.82, 2.24) is 15.0 Å². The highest BCUT2D eigenvalue weighted by molar-refractivity contribution is 5.88. The Morgan fingerprint density at radius 3 is 2.60 bits per heavy atom. The molecular formula is C17H15F3N4O. The summed E-state index contributed by atoms with van der Waals surface area (Å²) < 4.78 is 42.9. The molecule has 0 spiro atoms. The first-order chi connectivity index (χ1) is 11.9. The third-order valence-electron chi connectivity index (χ3n) is 3.47. The molecule has 0 saturated carbocycles. The van der Waals surface area contributed by atoms with Gasteiger partial charge < -0.3 is 10.1 Å². The van der Waals surface area contributed by atoms with E-state index < -0.39 is 11.7 Å². The number of nitrogens with one attached hydrogen (secondary N) is 1. The van der Waals surface area contributed by atoms with Crippen LogP contribution in [-0.2, 0) is 6.18 Å². The van der Waals surface area contributed by atoms with E-state index in [0.29, 0.717) is 5.82 Å². The first-order valence-electron chi connectivity index (χ1n) is 7.56. The molecule has 0 radical (unpaired) electrons. The fourth-order valence-corrected chi connectivity index (χ4v) is 2.24. The van der Waals surface area contributed by atoms with Crippen LogP contribution in [0.2, 0.25) is 0 Å². The van der Waals surface area contributed by atoms with Gasteiger partial charge in [-0.1, -0.05) is 12.1 Å². The van der Waals surface area contributed by atoms with E-state index in [4.69, 9.17) is 4.74 Å². The fourth-order valence-electron chi connectivity index (χ4n) is 2.24. The van der Waals surface area contributed by atoms with Gasteiger partial charge in [0.15, 0.2) is 0 Å². The molecule has 3 rings (SSSR count). The van der Waals surface area contributed by atoms with Crippen LogP contribution >= 0.6 is 0 Å². The highest BCUT2D eigenvalue weighted by atomic mass is 19.4. The first kappa shape index (κ1) is 16.9. The van der Waals surface area contributed by atoms with Crippen molar-refractivity contribution in [2.45, 2.75) is 19.1 Å². The van der Waals surface area contributed by atoms with Crippen molar-refractivity contribution in [1.29, 1.82) is 0 Å². The molecule has 2 aromatic heterocycles. The molecule has 0 aliphatic rings. The lowest BCUT2D eigenvalue weighted by Crippen LogP contribution is -2.24. The van der Waals surface area contributed by atoms with E-state index in [1.54, 1.807) is 0 Å². The lowest BCUT2D eigenvalue weighted by Gasteiger charge is -2.16. The summed E-state index contributed by atoms with van der Waals surface area (Å²) in [6.07, 6.45) is -2.19. The lowest BCUT2D eigenvalue weighted by atomic mass is 10.2. The van der Waals surface area contributed by atoms with Crippen LogP contribution in [-0.4, -0.2) is 27.6 Å². The Kier molecular flexibility index (Phi) is 4.69. The summed E-state index contributed by atoms with van der Waals surface area (Å²) >= 11 is 0. The average Bonchev–Trinajstić information content (AvgIpc) is 2.60. The number of anilines is 1. The summed E-state index contributed by atoms with van der Waals surface area (Å²) in [4.78, 5) is 12.1. The smallest absolute Gasteiger partial charge is 0.417 e. The molecule has 3 aromatic rings. The third kappa shape index (κ3) is 4.14. The Hall–Kier alpha value is -2.90. The van der Waals surface area contributed by atoms with Crippen LogP contribution in [0.4, 0.5) is 19.0 Å². The van der Waals surface area contributed by atoms with Gasteiger partial charge in [0.25, 0.3) is 0 Å². The predicted octanol–water partition coefficient (Wildman–Crippen LogP) is 3.92. The van der Waals surface area contributed by atoms with Gasteiger partial charge in [0, 0.05) is 17.6 Å². The van der Waals surface area contributed by atoms with Crippen molar-refractivity contribution < 1.29 is 17.9 Å². The second-order valence-corrected chi connectivity index (χ2v) is 5.48. The zero-order valence-electron chi connectivity index (χ0n) is 13.3. The summed E-state index contributed by atoms with van der Waals surface area (Å²) in [7, 11) is 0. The molecule has 1 unspecified atom stereocenters. The number of rotatable bonds is 5. The van der Waals surface area contributed by atoms with Gasteiger partial charge in [0.1, 0.15) is 18.8 Å². The molecule has 0 aliphatic heterocycles. The van der Waals surface area contributed by atoms with E-state index in [1.807, 2.05) is 31.2 Å². The van der Waals surface area contributed by atoms with Gasteiger partial charge in [-0.05, 0) is 25.1 Å². The van der Waals surface area contributed by atoms with Gasteiger partial charge in [-0.3, -0.25) is 0 Å². The minimum atomic E-state index is -4.41. The van der Waals surface area contributed by atoms with E-state index >= 15 is 0 Å². The van der Waals surface area contributed by atoms with Crippen LogP contribution in [0.5, 0.6) is 5.88 Å². The van der Waals surface area contributed by atoms with Crippen molar-refractivity contribution in [2.24, 2.45) is 0 Å². The maximum atomic E-state index is 12.5. The van der Waals surface area contributed by atoms with E-state index in [-0.39, 0.29) is 18.5 Å². The van der Waals surface area contributed by atoms with Crippen molar-refractivity contribution >= 4 is 16.7 Å². The molecule has 0 aliphatic carbocycles. The van der Waals surface area contributed by atoms with Crippen molar-refractivity contribution in [2.75, 3.05) is 11.9 Å². The Morgan fingerprint density at radius 1 is 1.08 bits per heavy atom. The lowest BCUT2D eigenvalue weighted by molar-refractivity contribution is -0.137. The highest BCUT2D eigenvalue weighted by Gasteiger charge is 2.30. The minimum absolute atomic E-state index is 0.134. The average molecular weight is 348 g/mol. The predicted molar refractivity (Wildman–Crippen MR) is 87.4 cm³/mol.